The van der Waals surface area contributed by atoms with E-state index in [-0.39, 0.29) is 0 Å². The van der Waals surface area contributed by atoms with Crippen molar-refractivity contribution in [2.24, 2.45) is 5.92 Å². The third-order valence-corrected chi connectivity index (χ3v) is 2.76. The first-order chi connectivity index (χ1) is 5.31. The minimum Gasteiger partial charge on any atom is -0.385 e. The summed E-state index contributed by atoms with van der Waals surface area (Å²) >= 11 is 0. The summed E-state index contributed by atoms with van der Waals surface area (Å²) in [5, 5.41) is 13.2. The van der Waals surface area contributed by atoms with Gasteiger partial charge in [0.2, 0.25) is 0 Å². The molecule has 2 aliphatic heterocycles. The van der Waals surface area contributed by atoms with Gasteiger partial charge in [0, 0.05) is 12.5 Å². The number of ether oxygens (including phenoxy) is 1. The number of piperidine rings is 1. The van der Waals surface area contributed by atoms with Crippen molar-refractivity contribution in [2.45, 2.75) is 18.4 Å². The Hall–Kier alpha value is -0.120. The summed E-state index contributed by atoms with van der Waals surface area (Å²) in [6, 6.07) is 0. The molecule has 2 saturated heterocycles. The molecule has 1 atom stereocenters. The second kappa shape index (κ2) is 2.73. The lowest BCUT2D eigenvalue weighted by atomic mass is 9.81. The monoisotopic (exact) mass is 157 g/mol. The standard InChI is InChI=1S/C8H15NO2/c10-8(5-11-6-8)7-2-1-3-9-4-7/h7,9-10H,1-6H2. The highest BCUT2D eigenvalue weighted by Gasteiger charge is 2.43. The quantitative estimate of drug-likeness (QED) is 0.551. The molecule has 0 saturated carbocycles. The van der Waals surface area contributed by atoms with Gasteiger partial charge in [-0.25, -0.2) is 0 Å². The highest BCUT2D eigenvalue weighted by molar-refractivity contribution is 4.94. The van der Waals surface area contributed by atoms with E-state index in [1.807, 2.05) is 0 Å². The van der Waals surface area contributed by atoms with Crippen molar-refractivity contribution in [1.82, 2.24) is 5.32 Å². The van der Waals surface area contributed by atoms with Gasteiger partial charge in [-0.05, 0) is 19.4 Å². The Labute approximate surface area is 66.7 Å². The van der Waals surface area contributed by atoms with Crippen LogP contribution in [-0.2, 0) is 4.74 Å². The number of nitrogens with one attached hydrogen (secondary N) is 1. The fourth-order valence-electron chi connectivity index (χ4n) is 1.86. The van der Waals surface area contributed by atoms with E-state index in [1.54, 1.807) is 0 Å². The molecular formula is C8H15NO2. The zero-order valence-electron chi connectivity index (χ0n) is 6.68. The normalized spacial score (nSPS) is 36.3. The number of aliphatic hydroxyl groups is 1. The van der Waals surface area contributed by atoms with Gasteiger partial charge in [-0.1, -0.05) is 0 Å². The van der Waals surface area contributed by atoms with Crippen LogP contribution in [0.2, 0.25) is 0 Å². The van der Waals surface area contributed by atoms with Crippen molar-refractivity contribution < 1.29 is 9.84 Å². The topological polar surface area (TPSA) is 41.5 Å². The molecule has 2 aliphatic rings. The predicted molar refractivity (Wildman–Crippen MR) is 41.4 cm³/mol. The minimum absolute atomic E-state index is 0.421. The van der Waals surface area contributed by atoms with Crippen molar-refractivity contribution in [3.63, 3.8) is 0 Å². The van der Waals surface area contributed by atoms with Gasteiger partial charge in [-0.3, -0.25) is 0 Å². The molecule has 64 valence electrons. The number of rotatable bonds is 1. The highest BCUT2D eigenvalue weighted by Crippen LogP contribution is 2.30. The molecule has 2 fully saturated rings. The summed E-state index contributed by atoms with van der Waals surface area (Å²) in [7, 11) is 0. The van der Waals surface area contributed by atoms with Crippen LogP contribution < -0.4 is 5.32 Å². The van der Waals surface area contributed by atoms with Gasteiger partial charge in [-0.2, -0.15) is 0 Å². The van der Waals surface area contributed by atoms with E-state index in [9.17, 15) is 5.11 Å². The van der Waals surface area contributed by atoms with Crippen LogP contribution in [0.1, 0.15) is 12.8 Å². The lowest BCUT2D eigenvalue weighted by molar-refractivity contribution is -0.209. The molecule has 2 N–H and O–H groups in total. The van der Waals surface area contributed by atoms with Gasteiger partial charge in [0.25, 0.3) is 0 Å². The lowest BCUT2D eigenvalue weighted by Crippen LogP contribution is -2.58. The molecule has 11 heavy (non-hydrogen) atoms. The Morgan fingerprint density at radius 2 is 2.27 bits per heavy atom. The van der Waals surface area contributed by atoms with Crippen molar-refractivity contribution in [3.8, 4) is 0 Å². The molecule has 0 spiro atoms. The third kappa shape index (κ3) is 1.28. The molecule has 0 aliphatic carbocycles. The van der Waals surface area contributed by atoms with E-state index in [0.717, 1.165) is 19.5 Å². The van der Waals surface area contributed by atoms with Crippen molar-refractivity contribution >= 4 is 0 Å². The van der Waals surface area contributed by atoms with Crippen molar-refractivity contribution in [1.29, 1.82) is 0 Å². The molecule has 1 unspecified atom stereocenters. The number of hydrogen-bond acceptors (Lipinski definition) is 3. The first-order valence-electron chi connectivity index (χ1n) is 4.32. The molecule has 0 radical (unpaired) electrons. The molecule has 2 rings (SSSR count). The Morgan fingerprint density at radius 1 is 1.45 bits per heavy atom. The molecular weight excluding hydrogens is 142 g/mol. The van der Waals surface area contributed by atoms with Crippen LogP contribution in [0.4, 0.5) is 0 Å². The van der Waals surface area contributed by atoms with Gasteiger partial charge in [0.05, 0.1) is 13.2 Å². The predicted octanol–water partition coefficient (Wildman–Crippen LogP) is -0.253. The van der Waals surface area contributed by atoms with Crippen LogP contribution >= 0.6 is 0 Å². The van der Waals surface area contributed by atoms with Crippen LogP contribution in [0, 0.1) is 5.92 Å². The fraction of sp³-hybridized carbons (Fsp3) is 1.00. The van der Waals surface area contributed by atoms with Gasteiger partial charge in [0.15, 0.2) is 0 Å². The zero-order valence-corrected chi connectivity index (χ0v) is 6.68. The van der Waals surface area contributed by atoms with E-state index in [4.69, 9.17) is 4.74 Å². The summed E-state index contributed by atoms with van der Waals surface area (Å²) in [4.78, 5) is 0. The van der Waals surface area contributed by atoms with E-state index in [2.05, 4.69) is 5.32 Å². The van der Waals surface area contributed by atoms with Crippen LogP contribution in [0.5, 0.6) is 0 Å². The summed E-state index contributed by atoms with van der Waals surface area (Å²) in [6.07, 6.45) is 2.33. The maximum atomic E-state index is 9.87. The van der Waals surface area contributed by atoms with Crippen molar-refractivity contribution in [3.05, 3.63) is 0 Å². The summed E-state index contributed by atoms with van der Waals surface area (Å²) < 4.78 is 5.01. The fourth-order valence-corrected chi connectivity index (χ4v) is 1.86. The number of hydrogen-bond donors (Lipinski definition) is 2. The SMILES string of the molecule is OC1(C2CCCNC2)COC1. The first kappa shape index (κ1) is 7.53. The van der Waals surface area contributed by atoms with Crippen LogP contribution in [-0.4, -0.2) is 37.0 Å². The maximum Gasteiger partial charge on any atom is 0.115 e. The molecule has 3 heteroatoms. The Bertz CT molecular complexity index is 139. The molecule has 0 aromatic rings. The van der Waals surface area contributed by atoms with E-state index >= 15 is 0 Å². The van der Waals surface area contributed by atoms with E-state index in [1.165, 1.54) is 6.42 Å². The van der Waals surface area contributed by atoms with E-state index in [0.29, 0.717) is 19.1 Å². The third-order valence-electron chi connectivity index (χ3n) is 2.76. The Balaban J connectivity index is 1.91. The smallest absolute Gasteiger partial charge is 0.115 e. The summed E-state index contributed by atoms with van der Waals surface area (Å²) in [5.41, 5.74) is -0.493. The Morgan fingerprint density at radius 3 is 2.73 bits per heavy atom. The van der Waals surface area contributed by atoms with Crippen LogP contribution in [0.3, 0.4) is 0 Å². The second-order valence-electron chi connectivity index (χ2n) is 3.64. The van der Waals surface area contributed by atoms with Gasteiger partial charge in [0.1, 0.15) is 5.60 Å². The lowest BCUT2D eigenvalue weighted by Gasteiger charge is -2.44. The van der Waals surface area contributed by atoms with Crippen LogP contribution in [0.15, 0.2) is 0 Å². The molecule has 3 nitrogen and oxygen atoms in total. The molecule has 2 heterocycles. The van der Waals surface area contributed by atoms with Crippen molar-refractivity contribution in [2.75, 3.05) is 26.3 Å². The molecule has 0 amide bonds. The molecule has 0 bridgehead atoms. The van der Waals surface area contributed by atoms with Gasteiger partial charge >= 0.3 is 0 Å². The molecule has 0 aromatic carbocycles. The Kier molecular flexibility index (Phi) is 1.87. The van der Waals surface area contributed by atoms with E-state index < -0.39 is 5.60 Å². The zero-order chi connectivity index (χ0) is 7.73. The maximum absolute atomic E-state index is 9.87. The summed E-state index contributed by atoms with van der Waals surface area (Å²) in [6.45, 7) is 3.14. The average molecular weight is 157 g/mol. The largest absolute Gasteiger partial charge is 0.385 e. The van der Waals surface area contributed by atoms with Gasteiger partial charge < -0.3 is 15.2 Å². The molecule has 0 aromatic heterocycles. The summed E-state index contributed by atoms with van der Waals surface area (Å²) in [5.74, 6) is 0.421. The van der Waals surface area contributed by atoms with Crippen LogP contribution in [0.25, 0.3) is 0 Å². The van der Waals surface area contributed by atoms with Gasteiger partial charge in [-0.15, -0.1) is 0 Å². The average Bonchev–Trinajstić information content (AvgIpc) is 2.02. The highest BCUT2D eigenvalue weighted by atomic mass is 16.5. The second-order valence-corrected chi connectivity index (χ2v) is 3.64. The first-order valence-corrected chi connectivity index (χ1v) is 4.32. The minimum atomic E-state index is -0.493.